The van der Waals surface area contributed by atoms with Gasteiger partial charge in [-0.2, -0.15) is 0 Å². The largest absolute Gasteiger partial charge is 0.481 e. The molecule has 1 aromatic heterocycles. The number of aliphatic carboxylic acids is 1. The Morgan fingerprint density at radius 1 is 1.21 bits per heavy atom. The summed E-state index contributed by atoms with van der Waals surface area (Å²) in [5.74, 6) is 1.04. The summed E-state index contributed by atoms with van der Waals surface area (Å²) in [5.41, 5.74) is 3.99. The van der Waals surface area contributed by atoms with E-state index >= 15 is 0 Å². The first kappa shape index (κ1) is 18.9. The van der Waals surface area contributed by atoms with Crippen molar-refractivity contribution in [1.82, 2.24) is 4.98 Å². The highest BCUT2D eigenvalue weighted by Gasteiger charge is 2.19. The van der Waals surface area contributed by atoms with Crippen LogP contribution < -0.4 is 4.74 Å². The number of hydrogen-bond donors (Lipinski definition) is 2. The van der Waals surface area contributed by atoms with Crippen molar-refractivity contribution >= 4 is 28.5 Å². The molecule has 1 saturated carbocycles. The summed E-state index contributed by atoms with van der Waals surface area (Å²) in [7, 11) is 0. The highest BCUT2D eigenvalue weighted by Crippen LogP contribution is 2.39. The average molecular weight is 398 g/mol. The lowest BCUT2D eigenvalue weighted by Crippen LogP contribution is -2.03. The van der Waals surface area contributed by atoms with Gasteiger partial charge in [0.15, 0.2) is 0 Å². The van der Waals surface area contributed by atoms with Gasteiger partial charge in [0.2, 0.25) is 0 Å². The van der Waals surface area contributed by atoms with E-state index in [9.17, 15) is 4.79 Å². The monoisotopic (exact) mass is 397 g/mol. The van der Waals surface area contributed by atoms with Crippen LogP contribution in [0.4, 0.5) is 0 Å². The van der Waals surface area contributed by atoms with Crippen LogP contribution in [0, 0.1) is 6.92 Å². The van der Waals surface area contributed by atoms with Gasteiger partial charge in [-0.05, 0) is 66.6 Å². The fraction of sp³-hybridized carbons (Fsp3) is 0.348. The lowest BCUT2D eigenvalue weighted by atomic mass is 9.84. The number of carboxylic acids is 1. The number of rotatable bonds is 5. The number of ether oxygens (including phenoxy) is 1. The molecule has 146 valence electrons. The van der Waals surface area contributed by atoms with Crippen molar-refractivity contribution in [3.8, 4) is 11.5 Å². The highest BCUT2D eigenvalue weighted by molar-refractivity contribution is 6.32. The van der Waals surface area contributed by atoms with Crippen LogP contribution >= 0.6 is 11.6 Å². The normalized spacial score (nSPS) is 15.1. The van der Waals surface area contributed by atoms with Crippen LogP contribution in [0.15, 0.2) is 36.5 Å². The zero-order valence-electron chi connectivity index (χ0n) is 15.9. The molecule has 1 heterocycles. The molecule has 1 aliphatic rings. The summed E-state index contributed by atoms with van der Waals surface area (Å²) in [6.45, 7) is 1.88. The number of hydrogen-bond acceptors (Lipinski definition) is 2. The van der Waals surface area contributed by atoms with E-state index in [1.54, 1.807) is 6.07 Å². The Morgan fingerprint density at radius 2 is 2.00 bits per heavy atom. The predicted octanol–water partition coefficient (Wildman–Crippen LogP) is 6.60. The lowest BCUT2D eigenvalue weighted by molar-refractivity contribution is -0.136. The maximum atomic E-state index is 11.0. The van der Waals surface area contributed by atoms with Gasteiger partial charge in [0.1, 0.15) is 11.5 Å². The van der Waals surface area contributed by atoms with Crippen molar-refractivity contribution in [3.05, 3.63) is 58.2 Å². The third kappa shape index (κ3) is 3.88. The SMILES string of the molecule is Cc1cc(CC(=O)O)cc(Cl)c1Oc1ccc2[nH]cc(C3CCCCC3)c2c1. The second kappa shape index (κ2) is 7.88. The molecular formula is C23H24ClNO3. The topological polar surface area (TPSA) is 62.3 Å². The summed E-state index contributed by atoms with van der Waals surface area (Å²) in [5, 5.41) is 10.6. The molecule has 4 nitrogen and oxygen atoms in total. The van der Waals surface area contributed by atoms with Gasteiger partial charge in [-0.15, -0.1) is 0 Å². The van der Waals surface area contributed by atoms with E-state index in [2.05, 4.69) is 17.2 Å². The molecule has 0 bridgehead atoms. The molecule has 0 atom stereocenters. The smallest absolute Gasteiger partial charge is 0.307 e. The predicted molar refractivity (Wildman–Crippen MR) is 112 cm³/mol. The summed E-state index contributed by atoms with van der Waals surface area (Å²) in [6.07, 6.45) is 8.51. The number of aromatic amines is 1. The van der Waals surface area contributed by atoms with E-state index in [1.807, 2.05) is 25.1 Å². The van der Waals surface area contributed by atoms with Crippen LogP contribution in [0.5, 0.6) is 11.5 Å². The molecule has 3 aromatic rings. The van der Waals surface area contributed by atoms with Crippen LogP contribution in [0.2, 0.25) is 5.02 Å². The Morgan fingerprint density at radius 3 is 2.71 bits per heavy atom. The number of halogens is 1. The minimum Gasteiger partial charge on any atom is -0.481 e. The second-order valence-corrected chi connectivity index (χ2v) is 8.09. The van der Waals surface area contributed by atoms with Crippen molar-refractivity contribution < 1.29 is 14.6 Å². The number of carbonyl (C=O) groups is 1. The lowest BCUT2D eigenvalue weighted by Gasteiger charge is -2.21. The number of carboxylic acid groups (broad SMARTS) is 1. The van der Waals surface area contributed by atoms with E-state index in [0.717, 1.165) is 16.8 Å². The molecule has 4 rings (SSSR count). The zero-order chi connectivity index (χ0) is 19.7. The summed E-state index contributed by atoms with van der Waals surface area (Å²) in [6, 6.07) is 9.54. The Bertz CT molecular complexity index is 995. The minimum absolute atomic E-state index is 0.0547. The molecule has 0 spiro atoms. The third-order valence-electron chi connectivity index (χ3n) is 5.59. The fourth-order valence-electron chi connectivity index (χ4n) is 4.26. The number of nitrogens with one attached hydrogen (secondary N) is 1. The van der Waals surface area contributed by atoms with Crippen LogP contribution in [0.25, 0.3) is 10.9 Å². The Labute approximate surface area is 169 Å². The van der Waals surface area contributed by atoms with Gasteiger partial charge in [0.05, 0.1) is 11.4 Å². The van der Waals surface area contributed by atoms with E-state index in [4.69, 9.17) is 21.4 Å². The van der Waals surface area contributed by atoms with Gasteiger partial charge in [0, 0.05) is 17.1 Å². The number of H-pyrrole nitrogens is 1. The quantitative estimate of drug-likeness (QED) is 0.510. The summed E-state index contributed by atoms with van der Waals surface area (Å²) >= 11 is 6.39. The molecule has 28 heavy (non-hydrogen) atoms. The Hall–Kier alpha value is -2.46. The number of aromatic nitrogens is 1. The maximum Gasteiger partial charge on any atom is 0.307 e. The Kier molecular flexibility index (Phi) is 5.31. The van der Waals surface area contributed by atoms with Gasteiger partial charge < -0.3 is 14.8 Å². The molecule has 2 aromatic carbocycles. The van der Waals surface area contributed by atoms with Gasteiger partial charge in [0.25, 0.3) is 0 Å². The van der Waals surface area contributed by atoms with Crippen molar-refractivity contribution in [2.75, 3.05) is 0 Å². The zero-order valence-corrected chi connectivity index (χ0v) is 16.7. The summed E-state index contributed by atoms with van der Waals surface area (Å²) in [4.78, 5) is 14.3. The van der Waals surface area contributed by atoms with E-state index in [-0.39, 0.29) is 6.42 Å². The fourth-order valence-corrected chi connectivity index (χ4v) is 4.59. The first-order valence-electron chi connectivity index (χ1n) is 9.81. The van der Waals surface area contributed by atoms with Gasteiger partial charge >= 0.3 is 5.97 Å². The van der Waals surface area contributed by atoms with Gasteiger partial charge in [-0.3, -0.25) is 4.79 Å². The average Bonchev–Trinajstić information content (AvgIpc) is 3.08. The Balaban J connectivity index is 1.64. The maximum absolute atomic E-state index is 11.0. The van der Waals surface area contributed by atoms with E-state index in [1.165, 1.54) is 43.1 Å². The molecule has 0 unspecified atom stereocenters. The van der Waals surface area contributed by atoms with Crippen LogP contribution in [-0.4, -0.2) is 16.1 Å². The minimum atomic E-state index is -0.878. The van der Waals surface area contributed by atoms with Crippen LogP contribution in [-0.2, 0) is 11.2 Å². The van der Waals surface area contributed by atoms with Crippen LogP contribution in [0.3, 0.4) is 0 Å². The molecule has 2 N–H and O–H groups in total. The second-order valence-electron chi connectivity index (χ2n) is 7.68. The first-order chi connectivity index (χ1) is 13.5. The van der Waals surface area contributed by atoms with Gasteiger partial charge in [-0.25, -0.2) is 0 Å². The molecule has 0 saturated heterocycles. The first-order valence-corrected chi connectivity index (χ1v) is 10.2. The van der Waals surface area contributed by atoms with Crippen molar-refractivity contribution in [3.63, 3.8) is 0 Å². The summed E-state index contributed by atoms with van der Waals surface area (Å²) < 4.78 is 6.13. The molecule has 1 fully saturated rings. The molecule has 0 aliphatic heterocycles. The van der Waals surface area contributed by atoms with E-state index < -0.39 is 5.97 Å². The molecule has 1 aliphatic carbocycles. The molecule has 0 amide bonds. The van der Waals surface area contributed by atoms with Gasteiger partial charge in [-0.1, -0.05) is 36.9 Å². The number of benzene rings is 2. The standard InChI is InChI=1S/C23H24ClNO3/c1-14-9-15(11-22(26)27)10-20(24)23(14)28-17-7-8-21-18(12-17)19(13-25-21)16-5-3-2-4-6-16/h7-10,12-13,16,25H,2-6,11H2,1H3,(H,26,27). The number of fused-ring (bicyclic) bond motifs is 1. The third-order valence-corrected chi connectivity index (χ3v) is 5.88. The van der Waals surface area contributed by atoms with Crippen molar-refractivity contribution in [2.24, 2.45) is 0 Å². The van der Waals surface area contributed by atoms with Crippen molar-refractivity contribution in [1.29, 1.82) is 0 Å². The van der Waals surface area contributed by atoms with E-state index in [0.29, 0.717) is 22.3 Å². The molecular weight excluding hydrogens is 374 g/mol. The van der Waals surface area contributed by atoms with Crippen LogP contribution in [0.1, 0.15) is 54.7 Å². The molecule has 0 radical (unpaired) electrons. The van der Waals surface area contributed by atoms with Crippen molar-refractivity contribution in [2.45, 2.75) is 51.4 Å². The molecule has 5 heteroatoms. The number of aryl methyl sites for hydroxylation is 1. The highest BCUT2D eigenvalue weighted by atomic mass is 35.5.